The van der Waals surface area contributed by atoms with Crippen LogP contribution in [0, 0.1) is 25.2 Å². The molecule has 2 heterocycles. The van der Waals surface area contributed by atoms with E-state index in [1.165, 1.54) is 18.4 Å². The molecule has 0 unspecified atom stereocenters. The predicted molar refractivity (Wildman–Crippen MR) is 139 cm³/mol. The fraction of sp³-hybridized carbons (Fsp3) is 0.655. The molecule has 1 amide bonds. The van der Waals surface area contributed by atoms with Gasteiger partial charge in [0.1, 0.15) is 5.76 Å². The summed E-state index contributed by atoms with van der Waals surface area (Å²) in [7, 11) is 0. The number of hydrogen-bond acceptors (Lipinski definition) is 5. The van der Waals surface area contributed by atoms with Gasteiger partial charge in [-0.05, 0) is 81.8 Å². The van der Waals surface area contributed by atoms with Crippen LogP contribution >= 0.6 is 0 Å². The Labute approximate surface area is 214 Å². The summed E-state index contributed by atoms with van der Waals surface area (Å²) >= 11 is 0. The van der Waals surface area contributed by atoms with Crippen LogP contribution in [0.1, 0.15) is 125 Å². The van der Waals surface area contributed by atoms with Gasteiger partial charge in [-0.15, -0.1) is 0 Å². The molecule has 0 saturated heterocycles. The highest BCUT2D eigenvalue weighted by Crippen LogP contribution is 2.53. The number of carbonyl (C=O) groups excluding carboxylic acids is 1. The number of hydrogen-bond donors (Lipinski definition) is 2. The average Bonchev–Trinajstić information content (AvgIpc) is 3.54. The number of anilines is 1. The lowest BCUT2D eigenvalue weighted by Crippen LogP contribution is -2.27. The van der Waals surface area contributed by atoms with Crippen LogP contribution in [0.4, 0.5) is 5.69 Å². The second-order valence-corrected chi connectivity index (χ2v) is 11.8. The molecule has 7 heteroatoms. The highest BCUT2D eigenvalue weighted by Gasteiger charge is 2.42. The van der Waals surface area contributed by atoms with E-state index >= 15 is 0 Å². The molecular weight excluding hydrogens is 454 g/mol. The maximum absolute atomic E-state index is 13.0. The van der Waals surface area contributed by atoms with Crippen LogP contribution in [0.5, 0.6) is 0 Å². The van der Waals surface area contributed by atoms with Crippen molar-refractivity contribution >= 4 is 17.6 Å². The largest absolute Gasteiger partial charge is 0.481 e. The maximum Gasteiger partial charge on any atom is 0.303 e. The monoisotopic (exact) mass is 495 g/mol. The Morgan fingerprint density at radius 2 is 1.92 bits per heavy atom. The number of pyridine rings is 1. The third-order valence-electron chi connectivity index (χ3n) is 8.20. The second kappa shape index (κ2) is 10.7. The smallest absolute Gasteiger partial charge is 0.303 e. The fourth-order valence-electron chi connectivity index (χ4n) is 5.61. The van der Waals surface area contributed by atoms with Gasteiger partial charge in [0.25, 0.3) is 0 Å². The zero-order chi connectivity index (χ0) is 26.0. The summed E-state index contributed by atoms with van der Waals surface area (Å²) in [6.45, 7) is 10.7. The Kier molecular flexibility index (Phi) is 7.86. The molecule has 36 heavy (non-hydrogen) atoms. The van der Waals surface area contributed by atoms with Gasteiger partial charge in [-0.2, -0.15) is 0 Å². The Bertz CT molecular complexity index is 1100. The summed E-state index contributed by atoms with van der Waals surface area (Å²) in [4.78, 5) is 28.9. The van der Waals surface area contributed by atoms with Gasteiger partial charge in [-0.3, -0.25) is 14.6 Å². The zero-order valence-corrected chi connectivity index (χ0v) is 22.4. The number of aliphatic carboxylic acids is 1. The van der Waals surface area contributed by atoms with Gasteiger partial charge in [-0.1, -0.05) is 32.3 Å². The van der Waals surface area contributed by atoms with E-state index in [0.29, 0.717) is 35.3 Å². The SMILES string of the molecule is CCC(C)(C)C[C@H]1C[C@@H](c2onc([C@@H](CCC(=O)O)CC(=O)Nc3ccc(C)nc3C)c2C2CC2)C1. The third kappa shape index (κ3) is 6.34. The van der Waals surface area contributed by atoms with Gasteiger partial charge in [0.05, 0.1) is 17.1 Å². The fourth-order valence-corrected chi connectivity index (χ4v) is 5.61. The molecule has 2 saturated carbocycles. The number of rotatable bonds is 12. The van der Waals surface area contributed by atoms with Gasteiger partial charge in [0, 0.05) is 35.9 Å². The minimum atomic E-state index is -0.865. The van der Waals surface area contributed by atoms with Gasteiger partial charge in [-0.25, -0.2) is 0 Å². The summed E-state index contributed by atoms with van der Waals surface area (Å²) in [6.07, 6.45) is 7.39. The molecule has 0 aliphatic heterocycles. The maximum atomic E-state index is 13.0. The number of carboxylic acid groups (broad SMARTS) is 1. The van der Waals surface area contributed by atoms with E-state index < -0.39 is 5.97 Å². The van der Waals surface area contributed by atoms with Crippen molar-refractivity contribution in [3.8, 4) is 0 Å². The van der Waals surface area contributed by atoms with E-state index in [1.54, 1.807) is 0 Å². The summed E-state index contributed by atoms with van der Waals surface area (Å²) < 4.78 is 5.99. The number of amides is 1. The first kappa shape index (κ1) is 26.4. The minimum Gasteiger partial charge on any atom is -0.481 e. The first-order valence-corrected chi connectivity index (χ1v) is 13.5. The van der Waals surface area contributed by atoms with Crippen LogP contribution in [-0.4, -0.2) is 27.1 Å². The van der Waals surface area contributed by atoms with Crippen molar-refractivity contribution in [3.63, 3.8) is 0 Å². The lowest BCUT2D eigenvalue weighted by molar-refractivity contribution is -0.137. The molecule has 0 aromatic carbocycles. The quantitative estimate of drug-likeness (QED) is 0.333. The van der Waals surface area contributed by atoms with Gasteiger partial charge in [0.15, 0.2) is 0 Å². The molecule has 0 radical (unpaired) electrons. The highest BCUT2D eigenvalue weighted by molar-refractivity contribution is 5.91. The van der Waals surface area contributed by atoms with Crippen molar-refractivity contribution in [1.29, 1.82) is 0 Å². The van der Waals surface area contributed by atoms with E-state index in [1.807, 2.05) is 26.0 Å². The van der Waals surface area contributed by atoms with Crippen LogP contribution in [0.15, 0.2) is 16.7 Å². The molecule has 196 valence electrons. The van der Waals surface area contributed by atoms with Crippen molar-refractivity contribution in [2.75, 3.05) is 5.32 Å². The van der Waals surface area contributed by atoms with Crippen LogP contribution in [0.2, 0.25) is 0 Å². The highest BCUT2D eigenvalue weighted by atomic mass is 16.5. The Morgan fingerprint density at radius 1 is 1.19 bits per heavy atom. The average molecular weight is 496 g/mol. The molecule has 2 aromatic rings. The molecule has 7 nitrogen and oxygen atoms in total. The number of nitrogens with one attached hydrogen (secondary N) is 1. The van der Waals surface area contributed by atoms with Crippen LogP contribution < -0.4 is 5.32 Å². The molecular formula is C29H41N3O4. The zero-order valence-electron chi connectivity index (χ0n) is 22.4. The van der Waals surface area contributed by atoms with E-state index in [2.05, 4.69) is 36.2 Å². The number of carboxylic acids is 1. The van der Waals surface area contributed by atoms with E-state index in [0.717, 1.165) is 48.5 Å². The normalized spacial score (nSPS) is 20.6. The molecule has 0 spiro atoms. The predicted octanol–water partition coefficient (Wildman–Crippen LogP) is 6.86. The summed E-state index contributed by atoms with van der Waals surface area (Å²) in [5.74, 6) is 1.21. The Hall–Kier alpha value is -2.70. The summed E-state index contributed by atoms with van der Waals surface area (Å²) in [5.41, 5.74) is 4.68. The van der Waals surface area contributed by atoms with E-state index in [4.69, 9.17) is 4.52 Å². The van der Waals surface area contributed by atoms with Gasteiger partial charge < -0.3 is 14.9 Å². The number of nitrogens with zero attached hydrogens (tertiary/aromatic N) is 2. The standard InChI is InChI=1S/C29H41N3O4/c1-6-29(4,5)16-19-13-22(14-19)28-26(20-8-9-20)27(32-36-28)21(10-12-25(34)35)15-24(33)31-23-11-7-17(2)30-18(23)3/h7,11,19-22H,6,8-10,12-16H2,1-5H3,(H,31,33)(H,34,35)/t19-,21-,22+/m0/s1. The van der Waals surface area contributed by atoms with E-state index in [-0.39, 0.29) is 24.7 Å². The summed E-state index contributed by atoms with van der Waals surface area (Å²) in [6, 6.07) is 3.73. The van der Waals surface area contributed by atoms with Crippen molar-refractivity contribution in [2.45, 2.75) is 110 Å². The van der Waals surface area contributed by atoms with Crippen molar-refractivity contribution in [2.24, 2.45) is 11.3 Å². The molecule has 2 aromatic heterocycles. The van der Waals surface area contributed by atoms with Gasteiger partial charge in [0.2, 0.25) is 5.91 Å². The number of aromatic nitrogens is 2. The van der Waals surface area contributed by atoms with E-state index in [9.17, 15) is 14.7 Å². The van der Waals surface area contributed by atoms with Gasteiger partial charge >= 0.3 is 5.97 Å². The lowest BCUT2D eigenvalue weighted by atomic mass is 9.66. The first-order chi connectivity index (χ1) is 17.1. The molecule has 2 aliphatic rings. The second-order valence-electron chi connectivity index (χ2n) is 11.8. The molecule has 2 N–H and O–H groups in total. The number of carbonyl (C=O) groups is 2. The van der Waals surface area contributed by atoms with Crippen LogP contribution in [0.25, 0.3) is 0 Å². The lowest BCUT2D eigenvalue weighted by Gasteiger charge is -2.39. The number of aryl methyl sites for hydroxylation is 2. The molecule has 2 fully saturated rings. The van der Waals surface area contributed by atoms with Crippen molar-refractivity contribution < 1.29 is 19.2 Å². The topological polar surface area (TPSA) is 105 Å². The van der Waals surface area contributed by atoms with Crippen molar-refractivity contribution in [3.05, 3.63) is 40.5 Å². The molecule has 1 atom stereocenters. The first-order valence-electron chi connectivity index (χ1n) is 13.5. The Morgan fingerprint density at radius 3 is 2.53 bits per heavy atom. The molecule has 2 aliphatic carbocycles. The van der Waals surface area contributed by atoms with Crippen LogP contribution in [0.3, 0.4) is 0 Å². The molecule has 4 rings (SSSR count). The third-order valence-corrected chi connectivity index (χ3v) is 8.20. The Balaban J connectivity index is 1.50. The van der Waals surface area contributed by atoms with Crippen LogP contribution in [-0.2, 0) is 9.59 Å². The summed E-state index contributed by atoms with van der Waals surface area (Å²) in [5, 5.41) is 16.8. The van der Waals surface area contributed by atoms with Crippen molar-refractivity contribution in [1.82, 2.24) is 10.1 Å². The molecule has 0 bridgehead atoms. The minimum absolute atomic E-state index is 0.00698.